The van der Waals surface area contributed by atoms with E-state index >= 15 is 0 Å². The second-order valence-electron chi connectivity index (χ2n) is 8.91. The molecule has 2 aromatic carbocycles. The highest BCUT2D eigenvalue weighted by molar-refractivity contribution is 5.86. The van der Waals surface area contributed by atoms with Crippen LogP contribution in [0.5, 0.6) is 0 Å². The van der Waals surface area contributed by atoms with E-state index in [1.54, 1.807) is 6.92 Å². The molecule has 1 saturated heterocycles. The van der Waals surface area contributed by atoms with Gasteiger partial charge >= 0.3 is 11.9 Å². The molecule has 3 aromatic rings. The molecule has 8 heteroatoms. The van der Waals surface area contributed by atoms with Crippen molar-refractivity contribution in [1.29, 1.82) is 0 Å². The Kier molecular flexibility index (Phi) is 5.79. The molecule has 1 fully saturated rings. The van der Waals surface area contributed by atoms with E-state index in [1.807, 2.05) is 25.3 Å². The molecule has 8 nitrogen and oxygen atoms in total. The minimum Gasteiger partial charge on any atom is -0.465 e. The van der Waals surface area contributed by atoms with E-state index in [1.165, 1.54) is 0 Å². The monoisotopic (exact) mass is 462 g/mol. The number of carbonyl (C=O) groups excluding carboxylic acids is 2. The van der Waals surface area contributed by atoms with Crippen LogP contribution in [0.2, 0.25) is 0 Å². The smallest absolute Gasteiger partial charge is 0.323 e. The summed E-state index contributed by atoms with van der Waals surface area (Å²) < 4.78 is 10.4. The molecule has 5 N–H and O–H groups in total. The lowest BCUT2D eigenvalue weighted by atomic mass is 9.72. The fourth-order valence-electron chi connectivity index (χ4n) is 5.46. The van der Waals surface area contributed by atoms with Gasteiger partial charge in [0.25, 0.3) is 0 Å². The molecule has 1 aromatic heterocycles. The number of para-hydroxylation sites is 1. The minimum absolute atomic E-state index is 0.136. The van der Waals surface area contributed by atoms with Crippen molar-refractivity contribution in [2.45, 2.75) is 50.4 Å². The maximum absolute atomic E-state index is 12.6. The van der Waals surface area contributed by atoms with Gasteiger partial charge in [0.15, 0.2) is 0 Å². The summed E-state index contributed by atoms with van der Waals surface area (Å²) in [5, 5.41) is 8.05. The van der Waals surface area contributed by atoms with Crippen molar-refractivity contribution >= 4 is 28.5 Å². The number of nitrogens with one attached hydrogen (secondary N) is 3. The average molecular weight is 463 g/mol. The van der Waals surface area contributed by atoms with Crippen LogP contribution in [-0.4, -0.2) is 48.4 Å². The van der Waals surface area contributed by atoms with Gasteiger partial charge in [-0.1, -0.05) is 30.3 Å². The largest absolute Gasteiger partial charge is 0.465 e. The molecule has 0 spiro atoms. The molecule has 0 bridgehead atoms. The van der Waals surface area contributed by atoms with Crippen LogP contribution < -0.4 is 16.4 Å². The van der Waals surface area contributed by atoms with Gasteiger partial charge < -0.3 is 25.5 Å². The van der Waals surface area contributed by atoms with Crippen LogP contribution in [0.15, 0.2) is 48.7 Å². The van der Waals surface area contributed by atoms with Crippen LogP contribution in [0.4, 0.5) is 5.69 Å². The first-order valence-electron chi connectivity index (χ1n) is 11.8. The second-order valence-corrected chi connectivity index (χ2v) is 8.91. The van der Waals surface area contributed by atoms with Gasteiger partial charge in [-0.15, -0.1) is 0 Å². The van der Waals surface area contributed by atoms with E-state index < -0.39 is 23.5 Å². The summed E-state index contributed by atoms with van der Waals surface area (Å²) in [5.41, 5.74) is 10.9. The van der Waals surface area contributed by atoms with Crippen LogP contribution in [0.1, 0.15) is 37.0 Å². The van der Waals surface area contributed by atoms with Crippen molar-refractivity contribution in [3.8, 4) is 0 Å². The maximum Gasteiger partial charge on any atom is 0.323 e. The topological polar surface area (TPSA) is 118 Å². The fraction of sp³-hybridized carbons (Fsp3) is 0.385. The number of aromatic amines is 1. The van der Waals surface area contributed by atoms with Crippen LogP contribution in [-0.2, 0) is 30.9 Å². The molecule has 4 atom stereocenters. The van der Waals surface area contributed by atoms with Gasteiger partial charge in [-0.3, -0.25) is 14.9 Å². The molecule has 2 aliphatic rings. The molecular weight excluding hydrogens is 432 g/mol. The Morgan fingerprint density at radius 1 is 1.15 bits per heavy atom. The van der Waals surface area contributed by atoms with E-state index in [0.29, 0.717) is 26.1 Å². The standard InChI is InChI=1S/C26H30N4O4/c1-3-33-23(31)19(27)11-15-14-28-21-12-16(9-10-17(15)21)26-13-22(24(32)34-4-2)30-25(26)29-20-8-6-5-7-18(20)26/h5-10,12,14,19,22,25,28-30H,3-4,11,13,27H2,1-2H3/t19-,22-,25-,26+/m0/s1. The molecule has 0 saturated carbocycles. The third kappa shape index (κ3) is 3.54. The Bertz CT molecular complexity index is 1240. The van der Waals surface area contributed by atoms with Crippen molar-refractivity contribution in [2.24, 2.45) is 5.73 Å². The summed E-state index contributed by atoms with van der Waals surface area (Å²) >= 11 is 0. The molecule has 0 aliphatic carbocycles. The summed E-state index contributed by atoms with van der Waals surface area (Å²) in [6, 6.07) is 13.4. The molecule has 34 heavy (non-hydrogen) atoms. The summed E-state index contributed by atoms with van der Waals surface area (Å²) in [6.07, 6.45) is 2.75. The summed E-state index contributed by atoms with van der Waals surface area (Å²) in [7, 11) is 0. The van der Waals surface area contributed by atoms with Gasteiger partial charge in [-0.2, -0.15) is 0 Å². The van der Waals surface area contributed by atoms with Crippen molar-refractivity contribution < 1.29 is 19.1 Å². The van der Waals surface area contributed by atoms with Crippen molar-refractivity contribution in [1.82, 2.24) is 10.3 Å². The number of hydrogen-bond donors (Lipinski definition) is 4. The van der Waals surface area contributed by atoms with E-state index in [2.05, 4.69) is 45.9 Å². The third-order valence-corrected chi connectivity index (χ3v) is 6.98. The number of aromatic nitrogens is 1. The molecular formula is C26H30N4O4. The van der Waals surface area contributed by atoms with Gasteiger partial charge in [-0.05, 0) is 49.1 Å². The number of carbonyl (C=O) groups is 2. The number of nitrogens with two attached hydrogens (primary N) is 1. The predicted molar refractivity (Wildman–Crippen MR) is 129 cm³/mol. The van der Waals surface area contributed by atoms with E-state index in [-0.39, 0.29) is 12.1 Å². The molecule has 5 rings (SSSR count). The molecule has 0 amide bonds. The van der Waals surface area contributed by atoms with Gasteiger partial charge in [0.1, 0.15) is 12.1 Å². The zero-order valence-electron chi connectivity index (χ0n) is 19.4. The fourth-order valence-corrected chi connectivity index (χ4v) is 5.46. The number of benzene rings is 2. The lowest BCUT2D eigenvalue weighted by Crippen LogP contribution is -2.43. The molecule has 3 heterocycles. The van der Waals surface area contributed by atoms with Crippen molar-refractivity contribution in [3.05, 3.63) is 65.4 Å². The highest BCUT2D eigenvalue weighted by Crippen LogP contribution is 2.51. The van der Waals surface area contributed by atoms with Gasteiger partial charge in [0.2, 0.25) is 0 Å². The zero-order chi connectivity index (χ0) is 23.9. The first-order valence-corrected chi connectivity index (χ1v) is 11.8. The normalized spacial score (nSPS) is 23.7. The first-order chi connectivity index (χ1) is 16.5. The SMILES string of the molecule is CCOC(=O)[C@@H]1C[C@@]2(c3ccc4c(C[C@H](N)C(=O)OCC)c[nH]c4c3)c3ccccc3N[C@H]2N1. The quantitative estimate of drug-likeness (QED) is 0.399. The number of anilines is 1. The van der Waals surface area contributed by atoms with E-state index in [4.69, 9.17) is 15.2 Å². The van der Waals surface area contributed by atoms with Gasteiger partial charge in [0.05, 0.1) is 24.8 Å². The summed E-state index contributed by atoms with van der Waals surface area (Å²) in [4.78, 5) is 28.0. The third-order valence-electron chi connectivity index (χ3n) is 6.98. The van der Waals surface area contributed by atoms with E-state index in [0.717, 1.165) is 33.3 Å². The Morgan fingerprint density at radius 2 is 1.94 bits per heavy atom. The van der Waals surface area contributed by atoms with Crippen LogP contribution in [0.25, 0.3) is 10.9 Å². The van der Waals surface area contributed by atoms with Gasteiger partial charge in [-0.25, -0.2) is 0 Å². The molecule has 2 aliphatic heterocycles. The summed E-state index contributed by atoms with van der Waals surface area (Å²) in [5.74, 6) is -0.627. The Labute approximate surface area is 198 Å². The van der Waals surface area contributed by atoms with E-state index in [9.17, 15) is 9.59 Å². The highest BCUT2D eigenvalue weighted by atomic mass is 16.5. The number of ether oxygens (including phenoxy) is 2. The molecule has 0 radical (unpaired) electrons. The zero-order valence-corrected chi connectivity index (χ0v) is 19.4. The summed E-state index contributed by atoms with van der Waals surface area (Å²) in [6.45, 7) is 4.25. The predicted octanol–water partition coefficient (Wildman–Crippen LogP) is 2.56. The Hall–Kier alpha value is -3.36. The molecule has 0 unspecified atom stereocenters. The molecule has 178 valence electrons. The highest BCUT2D eigenvalue weighted by Gasteiger charge is 2.56. The van der Waals surface area contributed by atoms with Crippen molar-refractivity contribution in [2.75, 3.05) is 18.5 Å². The van der Waals surface area contributed by atoms with Crippen LogP contribution in [0.3, 0.4) is 0 Å². The number of fused-ring (bicyclic) bond motifs is 4. The average Bonchev–Trinajstić information content (AvgIpc) is 3.49. The number of esters is 2. The number of H-pyrrole nitrogens is 1. The van der Waals surface area contributed by atoms with Crippen molar-refractivity contribution in [3.63, 3.8) is 0 Å². The second kappa shape index (κ2) is 8.77. The lowest BCUT2D eigenvalue weighted by molar-refractivity contribution is -0.145. The van der Waals surface area contributed by atoms with Crippen LogP contribution in [0, 0.1) is 0 Å². The van der Waals surface area contributed by atoms with Gasteiger partial charge in [0, 0.05) is 29.2 Å². The Morgan fingerprint density at radius 3 is 2.74 bits per heavy atom. The number of hydrogen-bond acceptors (Lipinski definition) is 7. The lowest BCUT2D eigenvalue weighted by Gasteiger charge is -2.30. The van der Waals surface area contributed by atoms with Crippen LogP contribution >= 0.6 is 0 Å². The Balaban J connectivity index is 1.52. The first kappa shape index (κ1) is 22.4. The minimum atomic E-state index is -0.711. The number of rotatable bonds is 7. The maximum atomic E-state index is 12.6.